The molecule has 4 heterocycles. The van der Waals surface area contributed by atoms with Gasteiger partial charge >= 0.3 is 0 Å². The molecule has 5 rings (SSSR count). The smallest absolute Gasteiger partial charge is 0.258 e. The van der Waals surface area contributed by atoms with Gasteiger partial charge in [-0.1, -0.05) is 0 Å². The molecule has 0 atom stereocenters. The highest BCUT2D eigenvalue weighted by molar-refractivity contribution is 6.03. The second-order valence-corrected chi connectivity index (χ2v) is 7.04. The summed E-state index contributed by atoms with van der Waals surface area (Å²) < 4.78 is 18.6. The summed E-state index contributed by atoms with van der Waals surface area (Å²) in [6.45, 7) is 1.58. The molecule has 0 spiro atoms. The number of imidazole rings is 1. The molecule has 0 radical (unpaired) electrons. The van der Waals surface area contributed by atoms with E-state index in [1.54, 1.807) is 25.3 Å². The van der Waals surface area contributed by atoms with Crippen LogP contribution >= 0.6 is 0 Å². The third-order valence-electron chi connectivity index (χ3n) is 5.03. The third kappa shape index (κ3) is 3.37. The van der Waals surface area contributed by atoms with Crippen LogP contribution in [0.3, 0.4) is 0 Å². The number of aromatic amines is 2. The Morgan fingerprint density at radius 2 is 2.13 bits per heavy atom. The number of aromatic nitrogens is 5. The lowest BCUT2D eigenvalue weighted by Crippen LogP contribution is -2.52. The number of nitrogens with one attached hydrogen (secondary N) is 3. The van der Waals surface area contributed by atoms with E-state index in [0.717, 1.165) is 18.9 Å². The van der Waals surface area contributed by atoms with Crippen molar-refractivity contribution < 1.29 is 13.9 Å². The van der Waals surface area contributed by atoms with Crippen LogP contribution in [-0.4, -0.2) is 57.4 Å². The van der Waals surface area contributed by atoms with Crippen molar-refractivity contribution in [3.8, 4) is 11.5 Å². The number of benzene rings is 1. The number of methoxy groups -OCH3 is 1. The fourth-order valence-corrected chi connectivity index (χ4v) is 3.29. The monoisotopic (exact) mass is 407 g/mol. The van der Waals surface area contributed by atoms with Gasteiger partial charge < -0.3 is 19.9 Å². The summed E-state index contributed by atoms with van der Waals surface area (Å²) in [6, 6.07) is 9.50. The Kier molecular flexibility index (Phi) is 4.40. The Labute approximate surface area is 170 Å². The zero-order valence-electron chi connectivity index (χ0n) is 16.0. The second kappa shape index (κ2) is 7.23. The molecule has 0 aliphatic carbocycles. The Bertz CT molecular complexity index is 1210. The summed E-state index contributed by atoms with van der Waals surface area (Å²) in [6.07, 6.45) is 1.76. The highest BCUT2D eigenvalue weighted by atomic mass is 19.1. The maximum atomic E-state index is 13.4. The zero-order valence-corrected chi connectivity index (χ0v) is 16.0. The summed E-state index contributed by atoms with van der Waals surface area (Å²) in [5.41, 5.74) is 2.21. The van der Waals surface area contributed by atoms with Gasteiger partial charge in [0, 0.05) is 32.5 Å². The molecular weight excluding hydrogens is 389 g/mol. The first-order valence-electron chi connectivity index (χ1n) is 9.35. The lowest BCUT2D eigenvalue weighted by Gasteiger charge is -2.38. The fourth-order valence-electron chi connectivity index (χ4n) is 3.29. The van der Waals surface area contributed by atoms with E-state index < -0.39 is 0 Å². The second-order valence-electron chi connectivity index (χ2n) is 7.04. The first kappa shape index (κ1) is 18.3. The van der Waals surface area contributed by atoms with Crippen molar-refractivity contribution in [3.05, 3.63) is 54.0 Å². The molecule has 152 valence electrons. The molecule has 4 aromatic rings. The zero-order chi connectivity index (χ0) is 20.7. The van der Waals surface area contributed by atoms with Crippen molar-refractivity contribution in [1.29, 1.82) is 0 Å². The van der Waals surface area contributed by atoms with Crippen LogP contribution in [0.4, 0.5) is 16.0 Å². The Hall–Kier alpha value is -3.79. The SMILES string of the molecule is COC1CN(c2ccc(C(=O)Nc3cc(-c4nc5ccc(F)cc5[nH]4)[nH]n3)cn2)C1. The lowest BCUT2D eigenvalue weighted by molar-refractivity contribution is 0.0783. The van der Waals surface area contributed by atoms with E-state index in [-0.39, 0.29) is 17.8 Å². The number of nitrogens with zero attached hydrogens (tertiary/aromatic N) is 4. The Morgan fingerprint density at radius 1 is 1.27 bits per heavy atom. The summed E-state index contributed by atoms with van der Waals surface area (Å²) in [5.74, 6) is 0.984. The predicted molar refractivity (Wildman–Crippen MR) is 109 cm³/mol. The minimum atomic E-state index is -0.345. The Balaban J connectivity index is 1.27. The minimum absolute atomic E-state index is 0.231. The van der Waals surface area contributed by atoms with Gasteiger partial charge in [-0.25, -0.2) is 14.4 Å². The molecule has 10 heteroatoms. The molecule has 9 nitrogen and oxygen atoms in total. The van der Waals surface area contributed by atoms with Crippen LogP contribution in [0.2, 0.25) is 0 Å². The standard InChI is InChI=1S/C20H18FN7O2/c1-30-13-9-28(10-13)18-5-2-11(8-22-18)20(29)25-17-7-16(26-27-17)19-23-14-4-3-12(21)6-15(14)24-19/h2-8,13H,9-10H2,1H3,(H,23,24)(H2,25,26,27,29). The van der Waals surface area contributed by atoms with Crippen LogP contribution in [0.5, 0.6) is 0 Å². The van der Waals surface area contributed by atoms with Gasteiger partial charge in [-0.15, -0.1) is 0 Å². The molecule has 1 amide bonds. The van der Waals surface area contributed by atoms with E-state index >= 15 is 0 Å². The number of rotatable bonds is 5. The maximum absolute atomic E-state index is 13.4. The number of ether oxygens (including phenoxy) is 1. The molecule has 0 unspecified atom stereocenters. The fraction of sp³-hybridized carbons (Fsp3) is 0.200. The van der Waals surface area contributed by atoms with E-state index in [2.05, 4.69) is 35.4 Å². The molecule has 30 heavy (non-hydrogen) atoms. The number of carbonyl (C=O) groups excluding carboxylic acids is 1. The molecule has 0 saturated carbocycles. The molecule has 1 aliphatic heterocycles. The predicted octanol–water partition coefficient (Wildman–Crippen LogP) is 2.57. The first-order valence-corrected chi connectivity index (χ1v) is 9.35. The van der Waals surface area contributed by atoms with Gasteiger partial charge in [0.2, 0.25) is 0 Å². The van der Waals surface area contributed by atoms with Gasteiger partial charge in [-0.05, 0) is 30.3 Å². The van der Waals surface area contributed by atoms with E-state index in [9.17, 15) is 9.18 Å². The van der Waals surface area contributed by atoms with E-state index in [1.807, 2.05) is 6.07 Å². The number of hydrogen-bond acceptors (Lipinski definition) is 6. The van der Waals surface area contributed by atoms with Crippen LogP contribution in [0.1, 0.15) is 10.4 Å². The molecule has 1 saturated heterocycles. The summed E-state index contributed by atoms with van der Waals surface area (Å²) in [7, 11) is 1.69. The number of pyridine rings is 1. The first-order chi connectivity index (χ1) is 14.6. The van der Waals surface area contributed by atoms with Crippen molar-refractivity contribution in [2.75, 3.05) is 30.4 Å². The summed E-state index contributed by atoms with van der Waals surface area (Å²) in [4.78, 5) is 26.4. The average Bonchev–Trinajstić information content (AvgIpc) is 3.34. The highest BCUT2D eigenvalue weighted by Crippen LogP contribution is 2.22. The van der Waals surface area contributed by atoms with Crippen molar-refractivity contribution >= 4 is 28.6 Å². The number of fused-ring (bicyclic) bond motifs is 1. The van der Waals surface area contributed by atoms with Crippen molar-refractivity contribution in [2.24, 2.45) is 0 Å². The van der Waals surface area contributed by atoms with Crippen LogP contribution in [-0.2, 0) is 4.74 Å². The molecule has 1 aliphatic rings. The highest BCUT2D eigenvalue weighted by Gasteiger charge is 2.27. The Morgan fingerprint density at radius 3 is 2.90 bits per heavy atom. The van der Waals surface area contributed by atoms with Crippen LogP contribution in [0, 0.1) is 5.82 Å². The number of hydrogen-bond donors (Lipinski definition) is 3. The number of H-pyrrole nitrogens is 2. The van der Waals surface area contributed by atoms with E-state index in [0.29, 0.717) is 33.9 Å². The normalized spacial score (nSPS) is 14.1. The average molecular weight is 407 g/mol. The molecule has 3 aromatic heterocycles. The van der Waals surface area contributed by atoms with E-state index in [4.69, 9.17) is 4.74 Å². The number of halogens is 1. The van der Waals surface area contributed by atoms with Crippen LogP contribution in [0.15, 0.2) is 42.6 Å². The van der Waals surface area contributed by atoms with Gasteiger partial charge in [0.1, 0.15) is 17.3 Å². The quantitative estimate of drug-likeness (QED) is 0.469. The van der Waals surface area contributed by atoms with Crippen LogP contribution in [0.25, 0.3) is 22.6 Å². The molecule has 3 N–H and O–H groups in total. The number of carbonyl (C=O) groups is 1. The van der Waals surface area contributed by atoms with E-state index in [1.165, 1.54) is 18.3 Å². The van der Waals surface area contributed by atoms with Gasteiger partial charge in [0.25, 0.3) is 5.91 Å². The number of anilines is 2. The van der Waals surface area contributed by atoms with Crippen molar-refractivity contribution in [3.63, 3.8) is 0 Å². The molecule has 1 aromatic carbocycles. The number of amides is 1. The lowest BCUT2D eigenvalue weighted by atomic mass is 10.1. The summed E-state index contributed by atoms with van der Waals surface area (Å²) >= 11 is 0. The third-order valence-corrected chi connectivity index (χ3v) is 5.03. The van der Waals surface area contributed by atoms with Crippen LogP contribution < -0.4 is 10.2 Å². The summed E-state index contributed by atoms with van der Waals surface area (Å²) in [5, 5.41) is 9.64. The van der Waals surface area contributed by atoms with Gasteiger partial charge in [0.15, 0.2) is 11.6 Å². The van der Waals surface area contributed by atoms with Crippen molar-refractivity contribution in [1.82, 2.24) is 25.1 Å². The van der Waals surface area contributed by atoms with Crippen molar-refractivity contribution in [2.45, 2.75) is 6.10 Å². The molecule has 0 bridgehead atoms. The molecule has 1 fully saturated rings. The maximum Gasteiger partial charge on any atom is 0.258 e. The minimum Gasteiger partial charge on any atom is -0.378 e. The van der Waals surface area contributed by atoms with Gasteiger partial charge in [0.05, 0.1) is 22.7 Å². The largest absolute Gasteiger partial charge is 0.378 e. The topological polar surface area (TPSA) is 112 Å². The molecular formula is C20H18FN7O2. The van der Waals surface area contributed by atoms with Gasteiger partial charge in [-0.3, -0.25) is 9.89 Å². The van der Waals surface area contributed by atoms with Gasteiger partial charge in [-0.2, -0.15) is 5.10 Å².